The zero-order valence-electron chi connectivity index (χ0n) is 13.6. The van der Waals surface area contributed by atoms with Crippen LogP contribution in [0.2, 0.25) is 0 Å². The molecule has 0 radical (unpaired) electrons. The summed E-state index contributed by atoms with van der Waals surface area (Å²) in [7, 11) is 1.50. The molecular weight excluding hydrogens is 349 g/mol. The van der Waals surface area contributed by atoms with E-state index < -0.39 is 30.0 Å². The molecule has 1 aromatic rings. The van der Waals surface area contributed by atoms with Crippen molar-refractivity contribution in [3.8, 4) is 5.06 Å². The lowest BCUT2D eigenvalue weighted by Crippen LogP contribution is -2.36. The van der Waals surface area contributed by atoms with E-state index in [1.54, 1.807) is 19.1 Å². The highest BCUT2D eigenvalue weighted by Gasteiger charge is 2.42. The fourth-order valence-electron chi connectivity index (χ4n) is 3.19. The van der Waals surface area contributed by atoms with Crippen molar-refractivity contribution < 1.29 is 28.9 Å². The smallest absolute Gasteiger partial charge is 0.307 e. The number of amides is 1. The molecule has 1 amide bonds. The topological polar surface area (TPSA) is 87.1 Å². The molecule has 0 spiro atoms. The lowest BCUT2D eigenvalue weighted by atomic mass is 9.92. The molecule has 0 aromatic carbocycles. The zero-order chi connectivity index (χ0) is 18.3. The Morgan fingerprint density at radius 2 is 2.16 bits per heavy atom. The summed E-state index contributed by atoms with van der Waals surface area (Å²) in [5.41, 5.74) is 0.696. The van der Waals surface area contributed by atoms with Crippen molar-refractivity contribution in [2.24, 2.45) is 0 Å². The number of halogens is 1. The van der Waals surface area contributed by atoms with Crippen molar-refractivity contribution >= 4 is 23.2 Å². The van der Waals surface area contributed by atoms with Crippen LogP contribution in [-0.4, -0.2) is 40.1 Å². The maximum Gasteiger partial charge on any atom is 0.307 e. The first-order chi connectivity index (χ1) is 11.8. The summed E-state index contributed by atoms with van der Waals surface area (Å²) in [6.45, 7) is 1.59. The Hall–Kier alpha value is -2.61. The van der Waals surface area contributed by atoms with E-state index >= 15 is 0 Å². The average molecular weight is 365 g/mol. The second-order valence-electron chi connectivity index (χ2n) is 5.70. The number of thiophene rings is 1. The Labute approximate surface area is 147 Å². The van der Waals surface area contributed by atoms with Gasteiger partial charge in [-0.25, -0.2) is 4.39 Å². The number of hydrogen-bond donors (Lipinski definition) is 2. The number of ether oxygens (including phenoxy) is 1. The Bertz CT molecular complexity index is 851. The number of aliphatic carboxylic acids is 1. The lowest BCUT2D eigenvalue weighted by Gasteiger charge is -2.28. The largest absolute Gasteiger partial charge is 0.505 e. The van der Waals surface area contributed by atoms with Crippen molar-refractivity contribution in [3.05, 3.63) is 51.5 Å². The van der Waals surface area contributed by atoms with Gasteiger partial charge in [0.1, 0.15) is 5.76 Å². The maximum atomic E-state index is 14.5. The molecule has 6 nitrogen and oxygen atoms in total. The summed E-state index contributed by atoms with van der Waals surface area (Å²) >= 11 is 1.16. The van der Waals surface area contributed by atoms with E-state index in [1.807, 2.05) is 0 Å². The predicted molar refractivity (Wildman–Crippen MR) is 89.2 cm³/mol. The number of carboxylic acid groups (broad SMARTS) is 1. The van der Waals surface area contributed by atoms with Gasteiger partial charge in [-0.05, 0) is 37.1 Å². The zero-order valence-corrected chi connectivity index (χ0v) is 14.4. The van der Waals surface area contributed by atoms with Gasteiger partial charge in [-0.15, -0.1) is 0 Å². The van der Waals surface area contributed by atoms with E-state index in [0.717, 1.165) is 11.3 Å². The highest BCUT2D eigenvalue weighted by molar-refractivity contribution is 7.15. The number of carbonyl (C=O) groups excluding carboxylic acids is 1. The van der Waals surface area contributed by atoms with Crippen molar-refractivity contribution in [1.29, 1.82) is 0 Å². The van der Waals surface area contributed by atoms with Gasteiger partial charge in [0.15, 0.2) is 10.9 Å². The highest BCUT2D eigenvalue weighted by atomic mass is 32.1. The molecular formula is C17H16FNO5S. The number of rotatable bonds is 4. The molecule has 1 aliphatic heterocycles. The van der Waals surface area contributed by atoms with Crippen LogP contribution in [0.5, 0.6) is 5.06 Å². The number of nitrogens with zero attached hydrogens (tertiary/aromatic N) is 1. The van der Waals surface area contributed by atoms with Gasteiger partial charge in [-0.1, -0.05) is 11.3 Å². The second-order valence-corrected chi connectivity index (χ2v) is 6.75. The fourth-order valence-corrected chi connectivity index (χ4v) is 3.95. The van der Waals surface area contributed by atoms with E-state index in [2.05, 4.69) is 0 Å². The monoisotopic (exact) mass is 365 g/mol. The molecule has 25 heavy (non-hydrogen) atoms. The molecule has 1 aliphatic carbocycles. The van der Waals surface area contributed by atoms with Gasteiger partial charge >= 0.3 is 5.97 Å². The van der Waals surface area contributed by atoms with E-state index in [9.17, 15) is 19.1 Å². The normalized spacial score (nSPS) is 19.9. The minimum absolute atomic E-state index is 0.0803. The van der Waals surface area contributed by atoms with Gasteiger partial charge < -0.3 is 19.8 Å². The summed E-state index contributed by atoms with van der Waals surface area (Å²) < 4.78 is 19.6. The molecule has 8 heteroatoms. The molecule has 0 bridgehead atoms. The van der Waals surface area contributed by atoms with Crippen LogP contribution in [0, 0.1) is 0 Å². The predicted octanol–water partition coefficient (Wildman–Crippen LogP) is 3.40. The van der Waals surface area contributed by atoms with Crippen LogP contribution in [-0.2, 0) is 4.79 Å². The quantitative estimate of drug-likeness (QED) is 0.854. The van der Waals surface area contributed by atoms with E-state index in [-0.39, 0.29) is 23.5 Å². The summed E-state index contributed by atoms with van der Waals surface area (Å²) in [4.78, 5) is 25.9. The summed E-state index contributed by atoms with van der Waals surface area (Å²) in [6.07, 6.45) is 1.09. The van der Waals surface area contributed by atoms with Crippen LogP contribution < -0.4 is 4.74 Å². The van der Waals surface area contributed by atoms with E-state index in [1.165, 1.54) is 18.1 Å². The van der Waals surface area contributed by atoms with Crippen LogP contribution in [0.15, 0.2) is 46.6 Å². The van der Waals surface area contributed by atoms with Gasteiger partial charge in [0, 0.05) is 11.3 Å². The highest BCUT2D eigenvalue weighted by Crippen LogP contribution is 2.44. The molecule has 0 saturated heterocycles. The number of aliphatic hydroxyl groups is 1. The maximum absolute atomic E-state index is 14.5. The third kappa shape index (κ3) is 2.82. The first-order valence-electron chi connectivity index (χ1n) is 7.53. The average Bonchev–Trinajstić information content (AvgIpc) is 3.14. The molecule has 1 unspecified atom stereocenters. The van der Waals surface area contributed by atoms with Crippen LogP contribution in [0.4, 0.5) is 4.39 Å². The number of methoxy groups -OCH3 is 1. The van der Waals surface area contributed by atoms with Crippen LogP contribution in [0.25, 0.3) is 0 Å². The number of hydrogen-bond acceptors (Lipinski definition) is 5. The minimum atomic E-state index is -1.13. The number of carboxylic acids is 1. The van der Waals surface area contributed by atoms with Crippen molar-refractivity contribution in [3.63, 3.8) is 0 Å². The van der Waals surface area contributed by atoms with Gasteiger partial charge in [-0.3, -0.25) is 9.59 Å². The molecule has 1 atom stereocenters. The summed E-state index contributed by atoms with van der Waals surface area (Å²) in [6, 6.07) is 2.62. The van der Waals surface area contributed by atoms with Gasteiger partial charge in [-0.2, -0.15) is 0 Å². The Balaban J connectivity index is 2.06. The molecule has 1 aromatic heterocycles. The molecule has 132 valence electrons. The van der Waals surface area contributed by atoms with E-state index in [4.69, 9.17) is 9.84 Å². The first kappa shape index (κ1) is 17.2. The van der Waals surface area contributed by atoms with Crippen molar-refractivity contribution in [2.75, 3.05) is 7.11 Å². The van der Waals surface area contributed by atoms with Crippen molar-refractivity contribution in [1.82, 2.24) is 4.90 Å². The standard InChI is InChI=1S/C17H16FNO5S/c1-8-9(7-13(21)22)15-10(3-4-11(20)16(15)18)19(8)17(23)12-5-6-14(24-2)25-12/h4-6,10,20H,3,7H2,1-2H3,(H,21,22). The summed E-state index contributed by atoms with van der Waals surface area (Å²) in [5, 5.41) is 19.4. The summed E-state index contributed by atoms with van der Waals surface area (Å²) in [5.74, 6) is -2.87. The molecule has 2 N–H and O–H groups in total. The third-order valence-electron chi connectivity index (χ3n) is 4.30. The Kier molecular flexibility index (Phi) is 4.38. The van der Waals surface area contributed by atoms with Gasteiger partial charge in [0.2, 0.25) is 0 Å². The Morgan fingerprint density at radius 3 is 2.76 bits per heavy atom. The van der Waals surface area contributed by atoms with Gasteiger partial charge in [0.05, 0.1) is 24.4 Å². The SMILES string of the molecule is COc1ccc(C(=O)N2C(C)=C(CC(=O)O)C3=C(F)C(O)=CCC32)s1. The first-order valence-corrected chi connectivity index (χ1v) is 8.35. The number of allylic oxidation sites excluding steroid dienone is 2. The third-order valence-corrected chi connectivity index (χ3v) is 5.34. The van der Waals surface area contributed by atoms with Crippen LogP contribution in [0.3, 0.4) is 0 Å². The van der Waals surface area contributed by atoms with Crippen LogP contribution in [0.1, 0.15) is 29.4 Å². The number of fused-ring (bicyclic) bond motifs is 1. The number of carbonyl (C=O) groups is 2. The molecule has 2 heterocycles. The molecule has 0 fully saturated rings. The second kappa shape index (κ2) is 6.36. The molecule has 0 saturated carbocycles. The Morgan fingerprint density at radius 1 is 1.44 bits per heavy atom. The lowest BCUT2D eigenvalue weighted by molar-refractivity contribution is -0.136. The van der Waals surface area contributed by atoms with Crippen LogP contribution >= 0.6 is 11.3 Å². The van der Waals surface area contributed by atoms with Gasteiger partial charge in [0.25, 0.3) is 5.91 Å². The van der Waals surface area contributed by atoms with E-state index in [0.29, 0.717) is 15.6 Å². The van der Waals surface area contributed by atoms with Crippen molar-refractivity contribution in [2.45, 2.75) is 25.8 Å². The minimum Gasteiger partial charge on any atom is -0.505 e. The number of aliphatic hydroxyl groups excluding tert-OH is 1. The molecule has 2 aliphatic rings. The molecule has 3 rings (SSSR count). The fraction of sp³-hybridized carbons (Fsp3) is 0.294.